The first kappa shape index (κ1) is 12.1. The molecule has 0 fully saturated rings. The van der Waals surface area contributed by atoms with Gasteiger partial charge in [0.2, 0.25) is 0 Å². The lowest BCUT2D eigenvalue weighted by atomic mass is 10.4. The van der Waals surface area contributed by atoms with Crippen LogP contribution in [0.5, 0.6) is 5.75 Å². The van der Waals surface area contributed by atoms with E-state index in [1.54, 1.807) is 36.9 Å². The van der Waals surface area contributed by atoms with Crippen molar-refractivity contribution in [1.82, 2.24) is 4.98 Å². The third-order valence-corrected chi connectivity index (χ3v) is 3.58. The maximum atomic E-state index is 11.9. The average molecular weight is 313 g/mol. The molecule has 1 amide bonds. The predicted octanol–water partition coefficient (Wildman–Crippen LogP) is 3.17. The fourth-order valence-corrected chi connectivity index (χ4v) is 2.31. The number of anilines is 1. The summed E-state index contributed by atoms with van der Waals surface area (Å²) in [7, 11) is 1.57. The molecule has 0 saturated heterocycles. The van der Waals surface area contributed by atoms with Gasteiger partial charge in [0.15, 0.2) is 0 Å². The topological polar surface area (TPSA) is 51.2 Å². The number of thiophene rings is 1. The van der Waals surface area contributed by atoms with Gasteiger partial charge in [-0.25, -0.2) is 4.98 Å². The number of nitrogens with one attached hydrogen (secondary N) is 1. The number of carbonyl (C=O) groups is 1. The number of ether oxygens (including phenoxy) is 1. The maximum absolute atomic E-state index is 11.9. The van der Waals surface area contributed by atoms with Crippen molar-refractivity contribution >= 4 is 38.9 Å². The first-order valence-corrected chi connectivity index (χ1v) is 6.42. The van der Waals surface area contributed by atoms with E-state index in [0.717, 1.165) is 0 Å². The summed E-state index contributed by atoms with van der Waals surface area (Å²) in [5.41, 5.74) is 0.643. The van der Waals surface area contributed by atoms with Crippen molar-refractivity contribution in [1.29, 1.82) is 0 Å². The van der Waals surface area contributed by atoms with E-state index in [2.05, 4.69) is 26.2 Å². The molecule has 0 aliphatic heterocycles. The highest BCUT2D eigenvalue weighted by Crippen LogP contribution is 2.24. The minimum atomic E-state index is -0.174. The quantitative estimate of drug-likeness (QED) is 0.886. The van der Waals surface area contributed by atoms with Crippen molar-refractivity contribution in [3.8, 4) is 5.75 Å². The summed E-state index contributed by atoms with van der Waals surface area (Å²) in [6.07, 6.45) is 1.65. The molecule has 1 N–H and O–H groups in total. The van der Waals surface area contributed by atoms with E-state index in [9.17, 15) is 4.79 Å². The lowest BCUT2D eigenvalue weighted by Gasteiger charge is -2.04. The van der Waals surface area contributed by atoms with E-state index < -0.39 is 0 Å². The van der Waals surface area contributed by atoms with E-state index in [-0.39, 0.29) is 5.91 Å². The fourth-order valence-electron chi connectivity index (χ4n) is 1.21. The summed E-state index contributed by atoms with van der Waals surface area (Å²) in [6, 6.07) is 5.24. The van der Waals surface area contributed by atoms with Crippen LogP contribution in [0.25, 0.3) is 0 Å². The summed E-state index contributed by atoms with van der Waals surface area (Å²) in [4.78, 5) is 16.5. The van der Waals surface area contributed by atoms with E-state index in [4.69, 9.17) is 4.74 Å². The molecule has 0 aliphatic rings. The summed E-state index contributed by atoms with van der Waals surface area (Å²) in [5.74, 6) is 0.511. The van der Waals surface area contributed by atoms with Crippen molar-refractivity contribution in [3.05, 3.63) is 39.3 Å². The number of halogens is 1. The largest absolute Gasteiger partial charge is 0.496 e. The number of nitrogens with zero attached hydrogens (tertiary/aromatic N) is 1. The molecule has 0 saturated carbocycles. The van der Waals surface area contributed by atoms with Gasteiger partial charge in [0.25, 0.3) is 5.91 Å². The van der Waals surface area contributed by atoms with Gasteiger partial charge in [-0.05, 0) is 28.1 Å². The van der Waals surface area contributed by atoms with Gasteiger partial charge in [0.05, 0.1) is 17.7 Å². The van der Waals surface area contributed by atoms with Gasteiger partial charge in [-0.1, -0.05) is 0 Å². The van der Waals surface area contributed by atoms with Crippen molar-refractivity contribution < 1.29 is 9.53 Å². The van der Waals surface area contributed by atoms with E-state index in [1.165, 1.54) is 11.3 Å². The monoisotopic (exact) mass is 312 g/mol. The fraction of sp³-hybridized carbons (Fsp3) is 0.0909. The van der Waals surface area contributed by atoms with Crippen LogP contribution in [0.4, 0.5) is 5.69 Å². The Bertz CT molecular complexity index is 542. The molecule has 2 rings (SSSR count). The number of methoxy groups -OCH3 is 1. The predicted molar refractivity (Wildman–Crippen MR) is 70.8 cm³/mol. The number of hydrogen-bond donors (Lipinski definition) is 1. The zero-order chi connectivity index (χ0) is 12.3. The van der Waals surface area contributed by atoms with E-state index in [0.29, 0.717) is 20.9 Å². The average Bonchev–Trinajstić information content (AvgIpc) is 2.81. The lowest BCUT2D eigenvalue weighted by Crippen LogP contribution is -2.10. The van der Waals surface area contributed by atoms with Crippen molar-refractivity contribution in [3.63, 3.8) is 0 Å². The van der Waals surface area contributed by atoms with Crippen LogP contribution in [-0.4, -0.2) is 18.0 Å². The Labute approximate surface area is 111 Å². The Balaban J connectivity index is 2.14. The molecule has 2 aromatic rings. The van der Waals surface area contributed by atoms with Crippen LogP contribution >= 0.6 is 27.3 Å². The number of pyridine rings is 1. The molecule has 0 aliphatic carbocycles. The van der Waals surface area contributed by atoms with Crippen LogP contribution in [0.15, 0.2) is 34.4 Å². The molecule has 0 bridgehead atoms. The molecule has 4 nitrogen and oxygen atoms in total. The summed E-state index contributed by atoms with van der Waals surface area (Å²) in [5, 5.41) is 4.56. The Kier molecular flexibility index (Phi) is 3.75. The van der Waals surface area contributed by atoms with Crippen molar-refractivity contribution in [2.45, 2.75) is 0 Å². The van der Waals surface area contributed by atoms with Crippen LogP contribution in [0.3, 0.4) is 0 Å². The zero-order valence-electron chi connectivity index (χ0n) is 8.94. The highest BCUT2D eigenvalue weighted by atomic mass is 79.9. The van der Waals surface area contributed by atoms with Crippen LogP contribution < -0.4 is 10.1 Å². The van der Waals surface area contributed by atoms with Crippen molar-refractivity contribution in [2.24, 2.45) is 0 Å². The molecule has 0 radical (unpaired) electrons. The van der Waals surface area contributed by atoms with Crippen LogP contribution in [-0.2, 0) is 0 Å². The minimum absolute atomic E-state index is 0.174. The molecule has 2 heterocycles. The molecule has 0 spiro atoms. The highest BCUT2D eigenvalue weighted by molar-refractivity contribution is 9.10. The molecule has 0 unspecified atom stereocenters. The molecule has 0 aromatic carbocycles. The van der Waals surface area contributed by atoms with E-state index in [1.807, 2.05) is 0 Å². The van der Waals surface area contributed by atoms with Gasteiger partial charge >= 0.3 is 0 Å². The highest BCUT2D eigenvalue weighted by Gasteiger charge is 2.11. The Morgan fingerprint density at radius 2 is 2.41 bits per heavy atom. The molecule has 17 heavy (non-hydrogen) atoms. The Morgan fingerprint density at radius 3 is 3.06 bits per heavy atom. The third-order valence-electron chi connectivity index (χ3n) is 2.04. The van der Waals surface area contributed by atoms with Gasteiger partial charge in [-0.3, -0.25) is 4.79 Å². The van der Waals surface area contributed by atoms with Gasteiger partial charge in [0.1, 0.15) is 10.4 Å². The second-order valence-corrected chi connectivity index (χ2v) is 4.81. The first-order chi connectivity index (χ1) is 8.20. The smallest absolute Gasteiger partial charge is 0.265 e. The Morgan fingerprint density at radius 1 is 1.59 bits per heavy atom. The second-order valence-electron chi connectivity index (χ2n) is 3.15. The molecule has 0 atom stereocenters. The number of amides is 1. The second kappa shape index (κ2) is 5.29. The molecule has 2 aromatic heterocycles. The molecular weight excluding hydrogens is 304 g/mol. The molecular formula is C11H9BrN2O2S. The summed E-state index contributed by atoms with van der Waals surface area (Å²) >= 11 is 4.60. The minimum Gasteiger partial charge on any atom is -0.496 e. The normalized spacial score (nSPS) is 10.0. The Hall–Kier alpha value is -1.40. The zero-order valence-corrected chi connectivity index (χ0v) is 11.3. The van der Waals surface area contributed by atoms with Gasteiger partial charge in [0, 0.05) is 17.6 Å². The maximum Gasteiger partial charge on any atom is 0.265 e. The van der Waals surface area contributed by atoms with Crippen LogP contribution in [0, 0.1) is 0 Å². The first-order valence-electron chi connectivity index (χ1n) is 4.75. The molecule has 6 heteroatoms. The summed E-state index contributed by atoms with van der Waals surface area (Å²) < 4.78 is 5.64. The van der Waals surface area contributed by atoms with Gasteiger partial charge in [-0.15, -0.1) is 11.3 Å². The van der Waals surface area contributed by atoms with Gasteiger partial charge in [-0.2, -0.15) is 0 Å². The number of hydrogen-bond acceptors (Lipinski definition) is 4. The SMILES string of the molecule is COc1csc(C(=O)Nc2cccnc2Br)c1. The number of rotatable bonds is 3. The standard InChI is InChI=1S/C11H9BrN2O2S/c1-16-7-5-9(17-6-7)11(15)14-8-3-2-4-13-10(8)12/h2-6H,1H3,(H,14,15). The van der Waals surface area contributed by atoms with Crippen LogP contribution in [0.1, 0.15) is 9.67 Å². The number of aromatic nitrogens is 1. The van der Waals surface area contributed by atoms with Crippen LogP contribution in [0.2, 0.25) is 0 Å². The third kappa shape index (κ3) is 2.83. The van der Waals surface area contributed by atoms with Gasteiger partial charge < -0.3 is 10.1 Å². The molecule has 88 valence electrons. The van der Waals surface area contributed by atoms with Crippen molar-refractivity contribution in [2.75, 3.05) is 12.4 Å². The lowest BCUT2D eigenvalue weighted by molar-refractivity contribution is 0.103. The van der Waals surface area contributed by atoms with E-state index >= 15 is 0 Å². The summed E-state index contributed by atoms with van der Waals surface area (Å²) in [6.45, 7) is 0. The number of carbonyl (C=O) groups excluding carboxylic acids is 1.